The molecule has 2 saturated heterocycles. The van der Waals surface area contributed by atoms with Gasteiger partial charge in [0.15, 0.2) is 0 Å². The van der Waals surface area contributed by atoms with E-state index in [2.05, 4.69) is 18.7 Å². The van der Waals surface area contributed by atoms with E-state index in [1.54, 1.807) is 0 Å². The van der Waals surface area contributed by atoms with Gasteiger partial charge in [0.1, 0.15) is 0 Å². The van der Waals surface area contributed by atoms with Crippen molar-refractivity contribution in [3.8, 4) is 0 Å². The van der Waals surface area contributed by atoms with Crippen molar-refractivity contribution in [2.75, 3.05) is 0 Å². The molecule has 2 aliphatic heterocycles. The standard InChI is InChI=1S/C11H19N/c1-8-3-4-10-11(2)6-5-9(7-11)12(8)10/h8-10H,3-7H2,1-2H3. The molecule has 4 atom stereocenters. The molecule has 3 aliphatic rings. The predicted molar refractivity (Wildman–Crippen MR) is 50.1 cm³/mol. The molecule has 1 nitrogen and oxygen atoms in total. The lowest BCUT2D eigenvalue weighted by Crippen LogP contribution is -2.42. The van der Waals surface area contributed by atoms with Crippen LogP contribution in [0.3, 0.4) is 0 Å². The van der Waals surface area contributed by atoms with Crippen molar-refractivity contribution >= 4 is 0 Å². The first-order valence-corrected chi connectivity index (χ1v) is 5.48. The van der Waals surface area contributed by atoms with Crippen LogP contribution in [-0.2, 0) is 0 Å². The zero-order valence-corrected chi connectivity index (χ0v) is 8.21. The summed E-state index contributed by atoms with van der Waals surface area (Å²) in [7, 11) is 0. The van der Waals surface area contributed by atoms with Gasteiger partial charge in [-0.2, -0.15) is 0 Å². The van der Waals surface area contributed by atoms with E-state index in [1.807, 2.05) is 0 Å². The molecular formula is C11H19N. The molecule has 0 amide bonds. The lowest BCUT2D eigenvalue weighted by atomic mass is 9.81. The Balaban J connectivity index is 1.96. The van der Waals surface area contributed by atoms with Crippen LogP contribution in [0.15, 0.2) is 0 Å². The first kappa shape index (κ1) is 7.37. The van der Waals surface area contributed by atoms with E-state index in [4.69, 9.17) is 0 Å². The average Bonchev–Trinajstić information content (AvgIpc) is 2.61. The third kappa shape index (κ3) is 0.693. The predicted octanol–water partition coefficient (Wildman–Crippen LogP) is 2.41. The average molecular weight is 165 g/mol. The molecular weight excluding hydrogens is 146 g/mol. The normalized spacial score (nSPS) is 58.0. The van der Waals surface area contributed by atoms with Gasteiger partial charge in [-0.15, -0.1) is 0 Å². The number of nitrogens with zero attached hydrogens (tertiary/aromatic N) is 1. The number of fused-ring (bicyclic) bond motifs is 5. The van der Waals surface area contributed by atoms with Gasteiger partial charge < -0.3 is 0 Å². The first-order valence-electron chi connectivity index (χ1n) is 5.48. The van der Waals surface area contributed by atoms with Crippen LogP contribution in [0.1, 0.15) is 46.0 Å². The van der Waals surface area contributed by atoms with Crippen LogP contribution in [0, 0.1) is 5.41 Å². The fourth-order valence-corrected chi connectivity index (χ4v) is 4.12. The van der Waals surface area contributed by atoms with E-state index in [0.29, 0.717) is 0 Å². The lowest BCUT2D eigenvalue weighted by molar-refractivity contribution is 0.110. The molecule has 68 valence electrons. The number of piperidine rings is 1. The Labute approximate surface area is 75.1 Å². The minimum absolute atomic E-state index is 0.718. The molecule has 2 heterocycles. The molecule has 0 aromatic heterocycles. The highest BCUT2D eigenvalue weighted by molar-refractivity contribution is 5.10. The molecule has 1 saturated carbocycles. The van der Waals surface area contributed by atoms with Crippen molar-refractivity contribution in [3.63, 3.8) is 0 Å². The van der Waals surface area contributed by atoms with E-state index in [1.165, 1.54) is 32.1 Å². The molecule has 0 N–H and O–H groups in total. The maximum Gasteiger partial charge on any atom is 0.0156 e. The summed E-state index contributed by atoms with van der Waals surface area (Å²) in [4.78, 5) is 2.84. The maximum atomic E-state index is 2.84. The Morgan fingerprint density at radius 3 is 2.83 bits per heavy atom. The summed E-state index contributed by atoms with van der Waals surface area (Å²) in [5.41, 5.74) is 0.718. The van der Waals surface area contributed by atoms with Gasteiger partial charge in [0.05, 0.1) is 0 Å². The van der Waals surface area contributed by atoms with E-state index >= 15 is 0 Å². The molecule has 3 rings (SSSR count). The zero-order chi connectivity index (χ0) is 8.34. The highest BCUT2D eigenvalue weighted by atomic mass is 15.3. The number of rotatable bonds is 0. The van der Waals surface area contributed by atoms with Crippen molar-refractivity contribution in [1.29, 1.82) is 0 Å². The monoisotopic (exact) mass is 165 g/mol. The van der Waals surface area contributed by atoms with Gasteiger partial charge in [-0.1, -0.05) is 6.92 Å². The quantitative estimate of drug-likeness (QED) is 0.533. The summed E-state index contributed by atoms with van der Waals surface area (Å²) >= 11 is 0. The minimum Gasteiger partial charge on any atom is -0.294 e. The minimum atomic E-state index is 0.718. The molecule has 0 aromatic rings. The summed E-state index contributed by atoms with van der Waals surface area (Å²) in [5.74, 6) is 0. The van der Waals surface area contributed by atoms with E-state index in [0.717, 1.165) is 23.5 Å². The molecule has 0 aromatic carbocycles. The van der Waals surface area contributed by atoms with Crippen LogP contribution < -0.4 is 0 Å². The first-order chi connectivity index (χ1) is 5.71. The lowest BCUT2D eigenvalue weighted by Gasteiger charge is -2.36. The fraction of sp³-hybridized carbons (Fsp3) is 1.00. The Morgan fingerprint density at radius 2 is 2.08 bits per heavy atom. The van der Waals surface area contributed by atoms with Crippen molar-refractivity contribution in [1.82, 2.24) is 4.90 Å². The third-order valence-corrected chi connectivity index (χ3v) is 4.70. The number of hydrogen-bond acceptors (Lipinski definition) is 1. The van der Waals surface area contributed by atoms with E-state index < -0.39 is 0 Å². The summed E-state index contributed by atoms with van der Waals surface area (Å²) in [6.45, 7) is 4.94. The van der Waals surface area contributed by atoms with Crippen LogP contribution in [0.25, 0.3) is 0 Å². The zero-order valence-electron chi connectivity index (χ0n) is 8.21. The van der Waals surface area contributed by atoms with Crippen LogP contribution in [0.2, 0.25) is 0 Å². The van der Waals surface area contributed by atoms with Gasteiger partial charge in [-0.05, 0) is 44.4 Å². The second-order valence-corrected chi connectivity index (χ2v) is 5.44. The Morgan fingerprint density at radius 1 is 1.25 bits per heavy atom. The Hall–Kier alpha value is -0.0400. The topological polar surface area (TPSA) is 3.24 Å². The summed E-state index contributed by atoms with van der Waals surface area (Å²) in [6, 6.07) is 2.82. The molecule has 1 heteroatoms. The van der Waals surface area contributed by atoms with Crippen molar-refractivity contribution < 1.29 is 0 Å². The molecule has 0 radical (unpaired) electrons. The number of hydrogen-bond donors (Lipinski definition) is 0. The van der Waals surface area contributed by atoms with Crippen LogP contribution in [0.5, 0.6) is 0 Å². The largest absolute Gasteiger partial charge is 0.294 e. The Bertz CT molecular complexity index is 213. The molecule has 1 aliphatic carbocycles. The van der Waals surface area contributed by atoms with Crippen LogP contribution >= 0.6 is 0 Å². The Kier molecular flexibility index (Phi) is 1.27. The highest BCUT2D eigenvalue weighted by Crippen LogP contribution is 2.56. The summed E-state index contributed by atoms with van der Waals surface area (Å²) in [5, 5.41) is 0. The van der Waals surface area contributed by atoms with Crippen LogP contribution in [-0.4, -0.2) is 23.0 Å². The van der Waals surface area contributed by atoms with Crippen molar-refractivity contribution in [2.24, 2.45) is 5.41 Å². The van der Waals surface area contributed by atoms with Gasteiger partial charge in [-0.25, -0.2) is 0 Å². The molecule has 0 spiro atoms. The summed E-state index contributed by atoms with van der Waals surface area (Å²) < 4.78 is 0. The fourth-order valence-electron chi connectivity index (χ4n) is 4.12. The molecule has 3 fully saturated rings. The maximum absolute atomic E-state index is 2.84. The summed E-state index contributed by atoms with van der Waals surface area (Å²) in [6.07, 6.45) is 7.43. The van der Waals surface area contributed by atoms with E-state index in [9.17, 15) is 0 Å². The second-order valence-electron chi connectivity index (χ2n) is 5.44. The van der Waals surface area contributed by atoms with Crippen molar-refractivity contribution in [2.45, 2.75) is 64.1 Å². The van der Waals surface area contributed by atoms with Crippen LogP contribution in [0.4, 0.5) is 0 Å². The van der Waals surface area contributed by atoms with Gasteiger partial charge in [0.25, 0.3) is 0 Å². The SMILES string of the molecule is CC1CCC2N1C1CCC2(C)C1. The van der Waals surface area contributed by atoms with Gasteiger partial charge in [0, 0.05) is 18.1 Å². The van der Waals surface area contributed by atoms with Gasteiger partial charge in [0.2, 0.25) is 0 Å². The second kappa shape index (κ2) is 2.06. The van der Waals surface area contributed by atoms with Gasteiger partial charge in [-0.3, -0.25) is 4.90 Å². The van der Waals surface area contributed by atoms with Crippen molar-refractivity contribution in [3.05, 3.63) is 0 Å². The van der Waals surface area contributed by atoms with Gasteiger partial charge >= 0.3 is 0 Å². The molecule has 4 unspecified atom stereocenters. The highest BCUT2D eigenvalue weighted by Gasteiger charge is 2.56. The molecule has 12 heavy (non-hydrogen) atoms. The molecule has 2 bridgehead atoms. The van der Waals surface area contributed by atoms with E-state index in [-0.39, 0.29) is 0 Å². The third-order valence-electron chi connectivity index (χ3n) is 4.70. The smallest absolute Gasteiger partial charge is 0.0156 e.